The van der Waals surface area contributed by atoms with Crippen LogP contribution in [0.5, 0.6) is 0 Å². The fraction of sp³-hybridized carbons (Fsp3) is 0. The zero-order valence-electron chi connectivity index (χ0n) is 15.2. The van der Waals surface area contributed by atoms with E-state index in [1.54, 1.807) is 0 Å². The van der Waals surface area contributed by atoms with Crippen LogP contribution in [0.25, 0.3) is 0 Å². The molecule has 0 bridgehead atoms. The lowest BCUT2D eigenvalue weighted by Gasteiger charge is -2.27. The van der Waals surface area contributed by atoms with Crippen LogP contribution in [0.2, 0.25) is 0 Å². The van der Waals surface area contributed by atoms with Crippen molar-refractivity contribution >= 4 is 28.5 Å². The number of benzene rings is 4. The Labute approximate surface area is 164 Å². The second-order valence-electron chi connectivity index (χ2n) is 6.01. The molecule has 4 aromatic rings. The lowest BCUT2D eigenvalue weighted by atomic mass is 10.3. The van der Waals surface area contributed by atoms with E-state index in [2.05, 4.69) is 121 Å². The quantitative estimate of drug-likeness (QED) is 0.434. The predicted molar refractivity (Wildman–Crippen MR) is 119 cm³/mol. The molecular formula is C24H23F3P+. The van der Waals surface area contributed by atoms with Crippen molar-refractivity contribution in [2.45, 2.75) is 0 Å². The van der Waals surface area contributed by atoms with Crippen LogP contribution >= 0.6 is 7.26 Å². The molecule has 0 aliphatic rings. The first-order chi connectivity index (χ1) is 12.4. The maximum Gasteiger partial charge on any atom is 0.144 e. The van der Waals surface area contributed by atoms with Gasteiger partial charge in [0.15, 0.2) is 0 Å². The molecule has 28 heavy (non-hydrogen) atoms. The predicted octanol–water partition coefficient (Wildman–Crippen LogP) is 4.76. The number of hydrogen-bond acceptors (Lipinski definition) is 0. The highest BCUT2D eigenvalue weighted by Crippen LogP contribution is 2.53. The molecule has 0 N–H and O–H groups in total. The maximum atomic E-state index is 2.28. The van der Waals surface area contributed by atoms with Crippen LogP contribution in [-0.2, 0) is 0 Å². The third kappa shape index (κ3) is 4.00. The fourth-order valence-corrected chi connectivity index (χ4v) is 7.77. The van der Waals surface area contributed by atoms with Crippen molar-refractivity contribution in [1.29, 1.82) is 0 Å². The number of rotatable bonds is 4. The van der Waals surface area contributed by atoms with Gasteiger partial charge in [-0.25, -0.2) is 0 Å². The number of halogens is 3. The molecule has 0 fully saturated rings. The van der Waals surface area contributed by atoms with Crippen molar-refractivity contribution in [1.82, 2.24) is 0 Å². The Kier molecular flexibility index (Phi) is 8.63. The summed E-state index contributed by atoms with van der Waals surface area (Å²) in [5.74, 6) is 0. The lowest BCUT2D eigenvalue weighted by Crippen LogP contribution is -2.38. The average molecular weight is 399 g/mol. The summed E-state index contributed by atoms with van der Waals surface area (Å²) in [5.41, 5.74) is 0. The standard InChI is InChI=1S/C24H20P.3FH/c1-5-13-21(14-6-1)25(22-15-7-2-8-16-22,23-17-9-3-10-18-23)24-19-11-4-12-20-24;;;/h1-20H;3*1H/q+1;;;. The first kappa shape index (κ1) is 23.1. The largest absolute Gasteiger partial charge is 0.269 e. The molecular weight excluding hydrogens is 376 g/mol. The monoisotopic (exact) mass is 399 g/mol. The van der Waals surface area contributed by atoms with Crippen LogP contribution in [0.4, 0.5) is 14.1 Å². The molecule has 4 aromatic carbocycles. The van der Waals surface area contributed by atoms with E-state index in [0.717, 1.165) is 0 Å². The summed E-state index contributed by atoms with van der Waals surface area (Å²) in [5, 5.41) is 5.55. The third-order valence-electron chi connectivity index (χ3n) is 4.57. The van der Waals surface area contributed by atoms with Gasteiger partial charge in [-0.1, -0.05) is 72.8 Å². The summed E-state index contributed by atoms with van der Waals surface area (Å²) in [6, 6.07) is 43.8. The van der Waals surface area contributed by atoms with Gasteiger partial charge in [0.25, 0.3) is 0 Å². The third-order valence-corrected chi connectivity index (χ3v) is 8.86. The summed E-state index contributed by atoms with van der Waals surface area (Å²) < 4.78 is 0. The molecule has 0 radical (unpaired) electrons. The van der Waals surface area contributed by atoms with Gasteiger partial charge in [-0.2, -0.15) is 0 Å². The fourth-order valence-electron chi connectivity index (χ4n) is 3.50. The summed E-state index contributed by atoms with van der Waals surface area (Å²) >= 11 is 0. The van der Waals surface area contributed by atoms with Crippen LogP contribution < -0.4 is 21.2 Å². The Morgan fingerprint density at radius 2 is 0.464 bits per heavy atom. The molecule has 0 heterocycles. The molecule has 0 amide bonds. The Morgan fingerprint density at radius 3 is 0.643 bits per heavy atom. The molecule has 0 unspecified atom stereocenters. The van der Waals surface area contributed by atoms with E-state index in [1.165, 1.54) is 21.2 Å². The van der Waals surface area contributed by atoms with E-state index < -0.39 is 7.26 Å². The molecule has 0 saturated heterocycles. The lowest BCUT2D eigenvalue weighted by molar-refractivity contribution is 1.11. The Balaban J connectivity index is 0.00000131. The zero-order valence-corrected chi connectivity index (χ0v) is 16.1. The second kappa shape index (κ2) is 10.4. The Hall–Kier alpha value is -2.90. The first-order valence-electron chi connectivity index (χ1n) is 8.54. The molecule has 0 atom stereocenters. The highest BCUT2D eigenvalue weighted by atomic mass is 31.2. The molecule has 0 aromatic heterocycles. The summed E-state index contributed by atoms with van der Waals surface area (Å²) in [6.07, 6.45) is 0. The molecule has 4 rings (SSSR count). The molecule has 4 heteroatoms. The van der Waals surface area contributed by atoms with Crippen molar-refractivity contribution in [3.8, 4) is 0 Å². The minimum atomic E-state index is -1.91. The van der Waals surface area contributed by atoms with E-state index >= 15 is 0 Å². The van der Waals surface area contributed by atoms with Crippen molar-refractivity contribution in [3.63, 3.8) is 0 Å². The average Bonchev–Trinajstić information content (AvgIpc) is 2.72. The van der Waals surface area contributed by atoms with Gasteiger partial charge in [-0.3, -0.25) is 14.1 Å². The summed E-state index contributed by atoms with van der Waals surface area (Å²) in [7, 11) is -1.91. The molecule has 0 saturated carbocycles. The zero-order chi connectivity index (χ0) is 17.0. The minimum Gasteiger partial charge on any atom is -0.269 e. The Morgan fingerprint density at radius 1 is 0.286 bits per heavy atom. The topological polar surface area (TPSA) is 0 Å². The highest BCUT2D eigenvalue weighted by molar-refractivity contribution is 8.01. The van der Waals surface area contributed by atoms with Crippen LogP contribution in [0, 0.1) is 0 Å². The summed E-state index contributed by atoms with van der Waals surface area (Å²) in [4.78, 5) is 0. The number of hydrogen-bond donors (Lipinski definition) is 0. The molecule has 144 valence electrons. The van der Waals surface area contributed by atoms with Crippen LogP contribution in [0.3, 0.4) is 0 Å². The van der Waals surface area contributed by atoms with Crippen molar-refractivity contribution < 1.29 is 14.1 Å². The Bertz CT molecular complexity index is 767. The van der Waals surface area contributed by atoms with E-state index in [4.69, 9.17) is 0 Å². The maximum absolute atomic E-state index is 2.28. The van der Waals surface area contributed by atoms with Crippen LogP contribution in [0.15, 0.2) is 121 Å². The van der Waals surface area contributed by atoms with Crippen LogP contribution in [0.1, 0.15) is 0 Å². The second-order valence-corrected chi connectivity index (χ2v) is 9.42. The van der Waals surface area contributed by atoms with E-state index in [0.29, 0.717) is 0 Å². The highest BCUT2D eigenvalue weighted by Gasteiger charge is 2.47. The van der Waals surface area contributed by atoms with Crippen molar-refractivity contribution in [2.24, 2.45) is 0 Å². The summed E-state index contributed by atoms with van der Waals surface area (Å²) in [6.45, 7) is 0. The van der Waals surface area contributed by atoms with E-state index in [-0.39, 0.29) is 14.1 Å². The minimum absolute atomic E-state index is 0. The van der Waals surface area contributed by atoms with Gasteiger partial charge in [-0.05, 0) is 48.5 Å². The first-order valence-corrected chi connectivity index (χ1v) is 10.3. The normalized spacial score (nSPS) is 10.0. The van der Waals surface area contributed by atoms with E-state index in [9.17, 15) is 0 Å². The van der Waals surface area contributed by atoms with Gasteiger partial charge in [0, 0.05) is 0 Å². The van der Waals surface area contributed by atoms with E-state index in [1.807, 2.05) is 0 Å². The van der Waals surface area contributed by atoms with Gasteiger partial charge < -0.3 is 0 Å². The molecule has 0 spiro atoms. The van der Waals surface area contributed by atoms with Gasteiger partial charge in [0.05, 0.1) is 0 Å². The van der Waals surface area contributed by atoms with Gasteiger partial charge in [0.1, 0.15) is 28.5 Å². The molecule has 0 aliphatic heterocycles. The van der Waals surface area contributed by atoms with Crippen molar-refractivity contribution in [2.75, 3.05) is 0 Å². The van der Waals surface area contributed by atoms with Crippen LogP contribution in [-0.4, -0.2) is 0 Å². The van der Waals surface area contributed by atoms with Crippen molar-refractivity contribution in [3.05, 3.63) is 121 Å². The molecule has 0 nitrogen and oxygen atoms in total. The smallest absolute Gasteiger partial charge is 0.144 e. The molecule has 0 aliphatic carbocycles. The van der Waals surface area contributed by atoms with Gasteiger partial charge in [-0.15, -0.1) is 0 Å². The van der Waals surface area contributed by atoms with Gasteiger partial charge >= 0.3 is 0 Å². The SMILES string of the molecule is F.F.F.c1ccc([P+](c2ccccc2)(c2ccccc2)c2ccccc2)cc1. The van der Waals surface area contributed by atoms with Gasteiger partial charge in [0.2, 0.25) is 0 Å².